The van der Waals surface area contributed by atoms with Crippen molar-refractivity contribution in [1.29, 1.82) is 0 Å². The predicted octanol–water partition coefficient (Wildman–Crippen LogP) is 5.59. The fourth-order valence-corrected chi connectivity index (χ4v) is 3.37. The van der Waals surface area contributed by atoms with Crippen molar-refractivity contribution >= 4 is 34.8 Å². The predicted molar refractivity (Wildman–Crippen MR) is 102 cm³/mol. The molecular formula is C18H16Cl3N3O2. The molecule has 26 heavy (non-hydrogen) atoms. The highest BCUT2D eigenvalue weighted by Crippen LogP contribution is 2.37. The molecule has 1 atom stereocenters. The van der Waals surface area contributed by atoms with Crippen LogP contribution in [-0.4, -0.2) is 21.9 Å². The lowest BCUT2D eigenvalue weighted by Gasteiger charge is -2.29. The van der Waals surface area contributed by atoms with Crippen molar-refractivity contribution in [3.8, 4) is 11.5 Å². The Kier molecular flexibility index (Phi) is 5.73. The number of hydrogen-bond donors (Lipinski definition) is 0. The standard InChI is InChI=1S/C18H16Cl3N3O2/c1-18(25-2,9-24-11-22-10-23-24)14-5-4-13(8-15(14)20)26-17-6-3-12(19)7-16(17)21/h3-8,10-11H,9H2,1-2H3. The minimum atomic E-state index is -0.679. The third kappa shape index (κ3) is 4.13. The van der Waals surface area contributed by atoms with Crippen molar-refractivity contribution in [3.05, 3.63) is 69.7 Å². The lowest BCUT2D eigenvalue weighted by Crippen LogP contribution is -2.31. The average Bonchev–Trinajstić information content (AvgIpc) is 3.10. The monoisotopic (exact) mass is 411 g/mol. The first-order valence-corrected chi connectivity index (χ1v) is 8.85. The highest BCUT2D eigenvalue weighted by Gasteiger charge is 2.30. The molecule has 0 saturated carbocycles. The molecule has 5 nitrogen and oxygen atoms in total. The molecule has 0 N–H and O–H groups in total. The van der Waals surface area contributed by atoms with Gasteiger partial charge in [-0.3, -0.25) is 0 Å². The van der Waals surface area contributed by atoms with Crippen LogP contribution in [0.2, 0.25) is 15.1 Å². The van der Waals surface area contributed by atoms with Crippen LogP contribution >= 0.6 is 34.8 Å². The van der Waals surface area contributed by atoms with E-state index in [9.17, 15) is 0 Å². The third-order valence-corrected chi connectivity index (χ3v) is 4.86. The second kappa shape index (κ2) is 7.84. The number of ether oxygens (including phenoxy) is 2. The first-order chi connectivity index (χ1) is 12.4. The average molecular weight is 413 g/mol. The van der Waals surface area contributed by atoms with Crippen LogP contribution in [0.4, 0.5) is 0 Å². The molecule has 1 unspecified atom stereocenters. The highest BCUT2D eigenvalue weighted by atomic mass is 35.5. The maximum absolute atomic E-state index is 6.50. The van der Waals surface area contributed by atoms with E-state index in [-0.39, 0.29) is 0 Å². The summed E-state index contributed by atoms with van der Waals surface area (Å²) in [6.45, 7) is 2.40. The second-order valence-electron chi connectivity index (χ2n) is 5.85. The van der Waals surface area contributed by atoms with Gasteiger partial charge >= 0.3 is 0 Å². The number of nitrogens with zero attached hydrogens (tertiary/aromatic N) is 3. The van der Waals surface area contributed by atoms with Gasteiger partial charge in [-0.2, -0.15) is 5.10 Å². The molecule has 136 valence electrons. The van der Waals surface area contributed by atoms with E-state index in [0.29, 0.717) is 33.1 Å². The number of rotatable bonds is 6. The molecule has 3 rings (SSSR count). The molecule has 8 heteroatoms. The van der Waals surface area contributed by atoms with Crippen LogP contribution in [0.3, 0.4) is 0 Å². The minimum absolute atomic E-state index is 0.422. The molecule has 0 radical (unpaired) electrons. The van der Waals surface area contributed by atoms with Crippen LogP contribution in [0.5, 0.6) is 11.5 Å². The van der Waals surface area contributed by atoms with Gasteiger partial charge < -0.3 is 9.47 Å². The molecule has 0 aliphatic carbocycles. The molecule has 0 spiro atoms. The second-order valence-corrected chi connectivity index (χ2v) is 7.10. The van der Waals surface area contributed by atoms with E-state index in [1.807, 2.05) is 19.1 Å². The maximum Gasteiger partial charge on any atom is 0.146 e. The number of methoxy groups -OCH3 is 1. The summed E-state index contributed by atoms with van der Waals surface area (Å²) in [5, 5.41) is 5.60. The number of halogens is 3. The van der Waals surface area contributed by atoms with Gasteiger partial charge in [-0.15, -0.1) is 0 Å². The quantitative estimate of drug-likeness (QED) is 0.529. The first-order valence-electron chi connectivity index (χ1n) is 7.72. The number of benzene rings is 2. The molecule has 2 aromatic carbocycles. The van der Waals surface area contributed by atoms with E-state index in [0.717, 1.165) is 5.56 Å². The zero-order chi connectivity index (χ0) is 18.7. The summed E-state index contributed by atoms with van der Waals surface area (Å²) in [4.78, 5) is 3.95. The van der Waals surface area contributed by atoms with Gasteiger partial charge in [0.25, 0.3) is 0 Å². The Morgan fingerprint density at radius 1 is 1.08 bits per heavy atom. The van der Waals surface area contributed by atoms with Gasteiger partial charge in [-0.1, -0.05) is 40.9 Å². The van der Waals surface area contributed by atoms with E-state index >= 15 is 0 Å². The first kappa shape index (κ1) is 19.0. The molecule has 0 aliphatic heterocycles. The van der Waals surface area contributed by atoms with Gasteiger partial charge in [0.2, 0.25) is 0 Å². The summed E-state index contributed by atoms with van der Waals surface area (Å²) in [6, 6.07) is 10.4. The third-order valence-electron chi connectivity index (χ3n) is 4.01. The maximum atomic E-state index is 6.50. The van der Waals surface area contributed by atoms with Crippen LogP contribution in [0.25, 0.3) is 0 Å². The Morgan fingerprint density at radius 3 is 2.50 bits per heavy atom. The van der Waals surface area contributed by atoms with Gasteiger partial charge in [0.15, 0.2) is 0 Å². The Bertz CT molecular complexity index is 903. The molecular weight excluding hydrogens is 397 g/mol. The van der Waals surface area contributed by atoms with Crippen molar-refractivity contribution in [3.63, 3.8) is 0 Å². The van der Waals surface area contributed by atoms with Crippen LogP contribution in [0.1, 0.15) is 12.5 Å². The van der Waals surface area contributed by atoms with E-state index < -0.39 is 5.60 Å². The van der Waals surface area contributed by atoms with Crippen LogP contribution < -0.4 is 4.74 Å². The molecule has 0 aliphatic rings. The Labute approximate surface area is 166 Å². The van der Waals surface area contributed by atoms with Gasteiger partial charge in [-0.25, -0.2) is 9.67 Å². The SMILES string of the molecule is COC(C)(Cn1cncn1)c1ccc(Oc2ccc(Cl)cc2Cl)cc1Cl. The minimum Gasteiger partial charge on any atom is -0.456 e. The van der Waals surface area contributed by atoms with Gasteiger partial charge in [0.1, 0.15) is 29.8 Å². The number of aromatic nitrogens is 3. The largest absolute Gasteiger partial charge is 0.456 e. The lowest BCUT2D eigenvalue weighted by atomic mass is 9.95. The molecule has 3 aromatic rings. The zero-order valence-electron chi connectivity index (χ0n) is 14.1. The molecule has 0 saturated heterocycles. The van der Waals surface area contributed by atoms with Gasteiger partial charge in [0, 0.05) is 17.7 Å². The summed E-state index contributed by atoms with van der Waals surface area (Å²) in [7, 11) is 1.63. The molecule has 0 fully saturated rings. The lowest BCUT2D eigenvalue weighted by molar-refractivity contribution is -0.0156. The molecule has 0 bridgehead atoms. The Balaban J connectivity index is 1.86. The Hall–Kier alpha value is -1.79. The van der Waals surface area contributed by atoms with Gasteiger partial charge in [-0.05, 0) is 37.3 Å². The smallest absolute Gasteiger partial charge is 0.146 e. The number of hydrogen-bond acceptors (Lipinski definition) is 4. The van der Waals surface area contributed by atoms with E-state index in [2.05, 4.69) is 10.1 Å². The normalized spacial score (nSPS) is 13.4. The van der Waals surface area contributed by atoms with E-state index in [1.54, 1.807) is 42.4 Å². The summed E-state index contributed by atoms with van der Waals surface area (Å²) < 4.78 is 13.2. The fraction of sp³-hybridized carbons (Fsp3) is 0.222. The van der Waals surface area contributed by atoms with Crippen molar-refractivity contribution < 1.29 is 9.47 Å². The van der Waals surface area contributed by atoms with Crippen molar-refractivity contribution in [1.82, 2.24) is 14.8 Å². The van der Waals surface area contributed by atoms with Crippen molar-refractivity contribution in [2.45, 2.75) is 19.1 Å². The fourth-order valence-electron chi connectivity index (χ4n) is 2.56. The molecule has 1 heterocycles. The topological polar surface area (TPSA) is 49.2 Å². The van der Waals surface area contributed by atoms with E-state index in [1.165, 1.54) is 6.33 Å². The van der Waals surface area contributed by atoms with E-state index in [4.69, 9.17) is 44.3 Å². The summed E-state index contributed by atoms with van der Waals surface area (Å²) in [5.74, 6) is 1.05. The van der Waals surface area contributed by atoms with Crippen LogP contribution in [0.15, 0.2) is 49.1 Å². The molecule has 0 amide bonds. The Morgan fingerprint density at radius 2 is 1.88 bits per heavy atom. The molecule has 1 aromatic heterocycles. The van der Waals surface area contributed by atoms with Crippen LogP contribution in [0, 0.1) is 0 Å². The summed E-state index contributed by atoms with van der Waals surface area (Å²) in [5.41, 5.74) is 0.132. The zero-order valence-corrected chi connectivity index (χ0v) is 16.4. The summed E-state index contributed by atoms with van der Waals surface area (Å²) >= 11 is 18.6. The summed E-state index contributed by atoms with van der Waals surface area (Å²) in [6.07, 6.45) is 3.11. The van der Waals surface area contributed by atoms with Gasteiger partial charge in [0.05, 0.1) is 16.6 Å². The van der Waals surface area contributed by atoms with Crippen molar-refractivity contribution in [2.75, 3.05) is 7.11 Å². The van der Waals surface area contributed by atoms with Crippen LogP contribution in [-0.2, 0) is 16.9 Å². The van der Waals surface area contributed by atoms with Crippen molar-refractivity contribution in [2.24, 2.45) is 0 Å². The highest BCUT2D eigenvalue weighted by molar-refractivity contribution is 6.35.